The molecule has 3 heterocycles. The van der Waals surface area contributed by atoms with Crippen LogP contribution in [-0.2, 0) is 36.4 Å². The normalized spacial score (nSPS) is 24.4. The zero-order valence-corrected chi connectivity index (χ0v) is 21.5. The van der Waals surface area contributed by atoms with E-state index in [0.29, 0.717) is 10.4 Å². The Bertz CT molecular complexity index is 1340. The van der Waals surface area contributed by atoms with Crippen LogP contribution in [0.4, 0.5) is 4.39 Å². The molecule has 2 N–H and O–H groups in total. The number of rotatable bonds is 7. The Hall–Kier alpha value is -1.42. The second kappa shape index (κ2) is 9.56. The summed E-state index contributed by atoms with van der Waals surface area (Å²) in [6.07, 6.45) is 0.241. The molecule has 188 valence electrons. The van der Waals surface area contributed by atoms with Crippen LogP contribution in [-0.4, -0.2) is 76.8 Å². The average molecular weight is 552 g/mol. The van der Waals surface area contributed by atoms with Crippen LogP contribution < -0.4 is 5.73 Å². The van der Waals surface area contributed by atoms with Crippen molar-refractivity contribution < 1.29 is 29.6 Å². The molecule has 0 spiro atoms. The van der Waals surface area contributed by atoms with Gasteiger partial charge in [0.05, 0.1) is 17.3 Å². The van der Waals surface area contributed by atoms with E-state index >= 15 is 0 Å². The first-order valence-corrected chi connectivity index (χ1v) is 16.3. The Morgan fingerprint density at radius 1 is 1.03 bits per heavy atom. The van der Waals surface area contributed by atoms with Gasteiger partial charge in [0.25, 0.3) is 10.2 Å². The molecule has 2 aliphatic heterocycles. The van der Waals surface area contributed by atoms with Crippen LogP contribution in [0.5, 0.6) is 0 Å². The SMILES string of the molecule is NCc1ccc(S(=O)(=O)C[C@H]2C[C@@H](c3ccc(F)cc3)CN2S(=O)(=O)N2CCS(=O)(=O)CC2)s1. The van der Waals surface area contributed by atoms with E-state index in [1.807, 2.05) is 0 Å². The second-order valence-corrected chi connectivity index (χ2v) is 16.1. The summed E-state index contributed by atoms with van der Waals surface area (Å²) in [5.74, 6) is -1.72. The van der Waals surface area contributed by atoms with Gasteiger partial charge in [0, 0.05) is 37.1 Å². The van der Waals surface area contributed by atoms with Gasteiger partial charge in [0.15, 0.2) is 19.7 Å². The Labute approximate surface area is 203 Å². The highest BCUT2D eigenvalue weighted by Gasteiger charge is 2.45. The van der Waals surface area contributed by atoms with E-state index in [-0.39, 0.29) is 54.2 Å². The van der Waals surface area contributed by atoms with Gasteiger partial charge in [-0.1, -0.05) is 12.1 Å². The van der Waals surface area contributed by atoms with Crippen molar-refractivity contribution in [2.45, 2.75) is 29.1 Å². The number of nitrogens with two attached hydrogens (primary N) is 1. The maximum atomic E-state index is 13.5. The highest BCUT2D eigenvalue weighted by molar-refractivity contribution is 7.93. The second-order valence-electron chi connectivity index (χ2n) is 8.47. The number of halogens is 1. The van der Waals surface area contributed by atoms with E-state index in [1.54, 1.807) is 18.2 Å². The number of thiophene rings is 1. The molecular weight excluding hydrogens is 526 g/mol. The number of sulfone groups is 2. The van der Waals surface area contributed by atoms with E-state index < -0.39 is 47.5 Å². The maximum absolute atomic E-state index is 13.5. The molecule has 2 saturated heterocycles. The van der Waals surface area contributed by atoms with E-state index in [2.05, 4.69) is 0 Å². The molecule has 14 heteroatoms. The fourth-order valence-corrected chi connectivity index (χ4v) is 10.6. The largest absolute Gasteiger partial charge is 0.326 e. The third-order valence-corrected chi connectivity index (χ3v) is 13.3. The average Bonchev–Trinajstić information content (AvgIpc) is 3.42. The molecule has 2 fully saturated rings. The molecule has 1 aromatic carbocycles. The van der Waals surface area contributed by atoms with Gasteiger partial charge in [-0.05, 0) is 42.2 Å². The quantitative estimate of drug-likeness (QED) is 0.541. The van der Waals surface area contributed by atoms with Crippen molar-refractivity contribution in [1.29, 1.82) is 0 Å². The van der Waals surface area contributed by atoms with E-state index in [4.69, 9.17) is 5.73 Å². The minimum absolute atomic E-state index is 0.0237. The van der Waals surface area contributed by atoms with Gasteiger partial charge < -0.3 is 5.73 Å². The minimum atomic E-state index is -4.12. The number of nitrogens with zero attached hydrogens (tertiary/aromatic N) is 2. The Morgan fingerprint density at radius 3 is 2.26 bits per heavy atom. The molecule has 4 rings (SSSR count). The van der Waals surface area contributed by atoms with Crippen molar-refractivity contribution in [2.24, 2.45) is 5.73 Å². The monoisotopic (exact) mass is 551 g/mol. The minimum Gasteiger partial charge on any atom is -0.326 e. The third-order valence-electron chi connectivity index (χ3n) is 6.19. The van der Waals surface area contributed by atoms with Crippen molar-refractivity contribution in [3.63, 3.8) is 0 Å². The molecule has 1 aromatic heterocycles. The molecule has 0 aliphatic carbocycles. The molecule has 9 nitrogen and oxygen atoms in total. The fourth-order valence-electron chi connectivity index (χ4n) is 4.34. The van der Waals surface area contributed by atoms with Gasteiger partial charge in [0.2, 0.25) is 0 Å². The predicted octanol–water partition coefficient (Wildman–Crippen LogP) is 0.953. The molecule has 0 radical (unpaired) electrons. The summed E-state index contributed by atoms with van der Waals surface area (Å²) in [5.41, 5.74) is 6.31. The van der Waals surface area contributed by atoms with E-state index in [0.717, 1.165) is 15.6 Å². The molecule has 34 heavy (non-hydrogen) atoms. The van der Waals surface area contributed by atoms with Gasteiger partial charge in [-0.25, -0.2) is 21.2 Å². The summed E-state index contributed by atoms with van der Waals surface area (Å²) in [6, 6.07) is 7.97. The number of hydrogen-bond acceptors (Lipinski definition) is 8. The zero-order chi connectivity index (χ0) is 24.7. The zero-order valence-electron chi connectivity index (χ0n) is 18.2. The van der Waals surface area contributed by atoms with Gasteiger partial charge in [-0.3, -0.25) is 0 Å². The molecule has 2 atom stereocenters. The Balaban J connectivity index is 1.64. The Kier molecular flexibility index (Phi) is 7.22. The lowest BCUT2D eigenvalue weighted by Crippen LogP contribution is -2.52. The van der Waals surface area contributed by atoms with Crippen LogP contribution in [0, 0.1) is 5.82 Å². The molecular formula is C20H26FN3O6S4. The molecule has 0 unspecified atom stereocenters. The lowest BCUT2D eigenvalue weighted by Gasteiger charge is -2.32. The number of benzene rings is 1. The maximum Gasteiger partial charge on any atom is 0.282 e. The summed E-state index contributed by atoms with van der Waals surface area (Å²) in [5, 5.41) is 0. The van der Waals surface area contributed by atoms with E-state index in [1.165, 1.54) is 22.5 Å². The topological polar surface area (TPSA) is 135 Å². The smallest absolute Gasteiger partial charge is 0.282 e. The van der Waals surface area contributed by atoms with Crippen molar-refractivity contribution >= 4 is 41.2 Å². The standard InChI is InChI=1S/C20H26FN3O6S4/c21-17-3-1-15(2-4-17)16-11-18(14-33(27,28)20-6-5-19(12-22)31-20)24(13-16)34(29,30)23-7-9-32(25,26)10-8-23/h1-6,16,18H,7-14,22H2/t16-,18-/m1/s1. The van der Waals surface area contributed by atoms with Crippen LogP contribution in [0.25, 0.3) is 0 Å². The molecule has 0 bridgehead atoms. The fraction of sp³-hybridized carbons (Fsp3) is 0.500. The van der Waals surface area contributed by atoms with Gasteiger partial charge in [-0.2, -0.15) is 17.0 Å². The summed E-state index contributed by atoms with van der Waals surface area (Å²) in [6.45, 7) is -0.121. The summed E-state index contributed by atoms with van der Waals surface area (Å²) < 4.78 is 92.7. The molecule has 0 saturated carbocycles. The lowest BCUT2D eigenvalue weighted by molar-refractivity contribution is 0.341. The van der Waals surface area contributed by atoms with Crippen molar-refractivity contribution in [3.05, 3.63) is 52.7 Å². The van der Waals surface area contributed by atoms with Gasteiger partial charge in [-0.15, -0.1) is 11.3 Å². The molecule has 2 aromatic rings. The van der Waals surface area contributed by atoms with Crippen LogP contribution in [0.1, 0.15) is 22.8 Å². The predicted molar refractivity (Wildman–Crippen MR) is 128 cm³/mol. The number of hydrogen-bond donors (Lipinski definition) is 1. The first-order valence-electron chi connectivity index (χ1n) is 10.7. The summed E-state index contributed by atoms with van der Waals surface area (Å²) in [4.78, 5) is 0.702. The lowest BCUT2D eigenvalue weighted by atomic mass is 9.97. The highest BCUT2D eigenvalue weighted by atomic mass is 32.2. The van der Waals surface area contributed by atoms with Crippen LogP contribution in [0.3, 0.4) is 0 Å². The van der Waals surface area contributed by atoms with Crippen LogP contribution in [0.15, 0.2) is 40.6 Å². The highest BCUT2D eigenvalue weighted by Crippen LogP contribution is 2.37. The van der Waals surface area contributed by atoms with Crippen LogP contribution in [0.2, 0.25) is 0 Å². The van der Waals surface area contributed by atoms with Gasteiger partial charge >= 0.3 is 0 Å². The van der Waals surface area contributed by atoms with E-state index in [9.17, 15) is 29.6 Å². The summed E-state index contributed by atoms with van der Waals surface area (Å²) >= 11 is 1.06. The van der Waals surface area contributed by atoms with Gasteiger partial charge in [0.1, 0.15) is 10.0 Å². The van der Waals surface area contributed by atoms with Crippen molar-refractivity contribution in [1.82, 2.24) is 8.61 Å². The third kappa shape index (κ3) is 5.37. The summed E-state index contributed by atoms with van der Waals surface area (Å²) in [7, 11) is -11.2. The van der Waals surface area contributed by atoms with Crippen molar-refractivity contribution in [2.75, 3.05) is 36.9 Å². The van der Waals surface area contributed by atoms with Crippen molar-refractivity contribution in [3.8, 4) is 0 Å². The molecule has 0 amide bonds. The van der Waals surface area contributed by atoms with Crippen LogP contribution >= 0.6 is 11.3 Å². The first kappa shape index (κ1) is 25.7. The first-order chi connectivity index (χ1) is 15.9. The molecule has 2 aliphatic rings. The Morgan fingerprint density at radius 2 is 1.68 bits per heavy atom.